The fourth-order valence-corrected chi connectivity index (χ4v) is 2.58. The van der Waals surface area contributed by atoms with E-state index in [4.69, 9.17) is 0 Å². The first-order valence-electron chi connectivity index (χ1n) is 4.65. The van der Waals surface area contributed by atoms with Crippen molar-refractivity contribution in [3.63, 3.8) is 0 Å². The first kappa shape index (κ1) is 10.9. The van der Waals surface area contributed by atoms with Crippen LogP contribution in [0.1, 0.15) is 6.92 Å². The summed E-state index contributed by atoms with van der Waals surface area (Å²) in [6, 6.07) is 0.355. The quantitative estimate of drug-likeness (QED) is 0.704. The van der Waals surface area contributed by atoms with Crippen molar-refractivity contribution in [1.29, 1.82) is 0 Å². The number of rotatable bonds is 2. The Labute approximate surface area is 84.2 Å². The Morgan fingerprint density at radius 1 is 1.62 bits per heavy atom. The minimum absolute atomic E-state index is 0.0998. The smallest absolute Gasteiger partial charge is 0.226 e. The van der Waals surface area contributed by atoms with Crippen LogP contribution in [0.25, 0.3) is 0 Å². The van der Waals surface area contributed by atoms with E-state index in [-0.39, 0.29) is 11.8 Å². The number of carbonyl (C=O) groups excluding carboxylic acids is 1. The molecule has 0 spiro atoms. The van der Waals surface area contributed by atoms with E-state index >= 15 is 0 Å². The van der Waals surface area contributed by atoms with E-state index < -0.39 is 0 Å². The number of nitrogens with one attached hydrogen (secondary N) is 1. The molecule has 2 unspecified atom stereocenters. The predicted octanol–water partition coefficient (Wildman–Crippen LogP) is 0.416. The summed E-state index contributed by atoms with van der Waals surface area (Å²) < 4.78 is 0. The molecule has 4 heteroatoms. The molecular formula is C9H18N2OS. The minimum Gasteiger partial charge on any atom is -0.349 e. The van der Waals surface area contributed by atoms with Gasteiger partial charge in [-0.05, 0) is 0 Å². The maximum Gasteiger partial charge on any atom is 0.226 e. The molecule has 1 saturated heterocycles. The monoisotopic (exact) mass is 202 g/mol. The molecule has 3 nitrogen and oxygen atoms in total. The first-order chi connectivity index (χ1) is 6.13. The molecule has 0 aromatic rings. The van der Waals surface area contributed by atoms with Gasteiger partial charge < -0.3 is 10.2 Å². The van der Waals surface area contributed by atoms with Gasteiger partial charge in [0.05, 0.1) is 5.92 Å². The third-order valence-electron chi connectivity index (χ3n) is 2.38. The molecule has 1 N–H and O–H groups in total. The molecule has 1 aliphatic heterocycles. The van der Waals surface area contributed by atoms with Crippen molar-refractivity contribution in [3.8, 4) is 0 Å². The van der Waals surface area contributed by atoms with Crippen molar-refractivity contribution in [2.24, 2.45) is 5.92 Å². The van der Waals surface area contributed by atoms with Crippen molar-refractivity contribution in [3.05, 3.63) is 0 Å². The molecular weight excluding hydrogens is 184 g/mol. The van der Waals surface area contributed by atoms with Gasteiger partial charge in [0.15, 0.2) is 0 Å². The molecule has 76 valence electrons. The molecule has 1 heterocycles. The summed E-state index contributed by atoms with van der Waals surface area (Å²) in [6.45, 7) is 3.03. The Bertz CT molecular complexity index is 178. The molecule has 1 amide bonds. The summed E-state index contributed by atoms with van der Waals surface area (Å²) in [4.78, 5) is 13.3. The fourth-order valence-electron chi connectivity index (χ4n) is 1.49. The maximum absolute atomic E-state index is 11.6. The van der Waals surface area contributed by atoms with Gasteiger partial charge in [0.2, 0.25) is 5.91 Å². The summed E-state index contributed by atoms with van der Waals surface area (Å²) in [5.41, 5.74) is 0. The normalized spacial score (nSPS) is 25.3. The van der Waals surface area contributed by atoms with E-state index in [0.29, 0.717) is 6.04 Å². The van der Waals surface area contributed by atoms with E-state index in [1.807, 2.05) is 32.8 Å². The highest BCUT2D eigenvalue weighted by Gasteiger charge is 2.26. The molecule has 1 fully saturated rings. The topological polar surface area (TPSA) is 32.3 Å². The third kappa shape index (κ3) is 2.88. The number of thioether (sulfide) groups is 1. The maximum atomic E-state index is 11.6. The van der Waals surface area contributed by atoms with Crippen molar-refractivity contribution in [1.82, 2.24) is 10.2 Å². The van der Waals surface area contributed by atoms with Gasteiger partial charge in [0.1, 0.15) is 0 Å². The molecule has 0 aromatic carbocycles. The van der Waals surface area contributed by atoms with Crippen molar-refractivity contribution < 1.29 is 4.79 Å². The Kier molecular flexibility index (Phi) is 4.06. The molecule has 1 rings (SSSR count). The molecule has 0 radical (unpaired) electrons. The zero-order valence-electron chi connectivity index (χ0n) is 8.54. The second kappa shape index (κ2) is 4.86. The van der Waals surface area contributed by atoms with Gasteiger partial charge in [-0.1, -0.05) is 6.92 Å². The highest BCUT2D eigenvalue weighted by Crippen LogP contribution is 2.15. The van der Waals surface area contributed by atoms with Crippen LogP contribution in [-0.2, 0) is 4.79 Å². The Morgan fingerprint density at radius 2 is 2.31 bits per heavy atom. The lowest BCUT2D eigenvalue weighted by atomic mass is 10.0. The Hall–Kier alpha value is -0.220. The number of hydrogen-bond acceptors (Lipinski definition) is 3. The summed E-state index contributed by atoms with van der Waals surface area (Å²) in [6.07, 6.45) is 0. The number of nitrogens with zero attached hydrogens (tertiary/aromatic N) is 1. The largest absolute Gasteiger partial charge is 0.349 e. The van der Waals surface area contributed by atoms with Gasteiger partial charge in [-0.15, -0.1) is 0 Å². The minimum atomic E-state index is 0.0998. The van der Waals surface area contributed by atoms with Crippen LogP contribution in [0.15, 0.2) is 0 Å². The van der Waals surface area contributed by atoms with E-state index in [1.165, 1.54) is 5.75 Å². The fraction of sp³-hybridized carbons (Fsp3) is 0.889. The van der Waals surface area contributed by atoms with Crippen LogP contribution in [0.2, 0.25) is 0 Å². The van der Waals surface area contributed by atoms with Crippen LogP contribution in [0.5, 0.6) is 0 Å². The molecule has 0 bridgehead atoms. The highest BCUT2D eigenvalue weighted by molar-refractivity contribution is 7.99. The van der Waals surface area contributed by atoms with E-state index in [1.54, 1.807) is 4.90 Å². The van der Waals surface area contributed by atoms with Crippen molar-refractivity contribution in [2.45, 2.75) is 13.0 Å². The van der Waals surface area contributed by atoms with Gasteiger partial charge in [-0.2, -0.15) is 11.8 Å². The van der Waals surface area contributed by atoms with Crippen LogP contribution in [-0.4, -0.2) is 49.0 Å². The summed E-state index contributed by atoms with van der Waals surface area (Å²) >= 11 is 1.93. The third-order valence-corrected chi connectivity index (χ3v) is 3.47. The lowest BCUT2D eigenvalue weighted by Gasteiger charge is -2.29. The van der Waals surface area contributed by atoms with Gasteiger partial charge >= 0.3 is 0 Å². The van der Waals surface area contributed by atoms with Crippen LogP contribution in [0, 0.1) is 5.92 Å². The van der Waals surface area contributed by atoms with Crippen molar-refractivity contribution >= 4 is 17.7 Å². The van der Waals surface area contributed by atoms with Gasteiger partial charge in [-0.25, -0.2) is 0 Å². The van der Waals surface area contributed by atoms with Crippen LogP contribution in [0.3, 0.4) is 0 Å². The van der Waals surface area contributed by atoms with Gasteiger partial charge in [-0.3, -0.25) is 4.79 Å². The van der Waals surface area contributed by atoms with Crippen molar-refractivity contribution in [2.75, 3.05) is 32.1 Å². The molecule has 0 aliphatic carbocycles. The Balaban J connectivity index is 2.45. The number of carbonyl (C=O) groups is 1. The number of amides is 1. The Morgan fingerprint density at radius 3 is 2.77 bits per heavy atom. The average molecular weight is 202 g/mol. The number of hydrogen-bond donors (Lipinski definition) is 1. The standard InChI is InChI=1S/C9H18N2OS/c1-7(9(12)11(2)3)8-6-13-5-4-10-8/h7-8,10H,4-6H2,1-3H3. The SMILES string of the molecule is CC(C(=O)N(C)C)C1CSCCN1. The molecule has 0 saturated carbocycles. The predicted molar refractivity (Wildman–Crippen MR) is 57.0 cm³/mol. The van der Waals surface area contributed by atoms with Crippen LogP contribution < -0.4 is 5.32 Å². The molecule has 0 aromatic heterocycles. The first-order valence-corrected chi connectivity index (χ1v) is 5.80. The lowest BCUT2D eigenvalue weighted by molar-refractivity contribution is -0.133. The molecule has 13 heavy (non-hydrogen) atoms. The average Bonchev–Trinajstić information content (AvgIpc) is 2.17. The van der Waals surface area contributed by atoms with E-state index in [9.17, 15) is 4.79 Å². The summed E-state index contributed by atoms with van der Waals surface area (Å²) in [5, 5.41) is 3.39. The van der Waals surface area contributed by atoms with Crippen LogP contribution in [0.4, 0.5) is 0 Å². The summed E-state index contributed by atoms with van der Waals surface area (Å²) in [5.74, 6) is 2.54. The van der Waals surface area contributed by atoms with E-state index in [2.05, 4.69) is 5.32 Å². The zero-order valence-corrected chi connectivity index (χ0v) is 9.36. The lowest BCUT2D eigenvalue weighted by Crippen LogP contribution is -2.47. The van der Waals surface area contributed by atoms with Gasteiger partial charge in [0, 0.05) is 38.2 Å². The van der Waals surface area contributed by atoms with Crippen LogP contribution >= 0.6 is 11.8 Å². The summed E-state index contributed by atoms with van der Waals surface area (Å²) in [7, 11) is 3.63. The second-order valence-corrected chi connectivity index (χ2v) is 4.81. The molecule has 1 aliphatic rings. The van der Waals surface area contributed by atoms with E-state index in [0.717, 1.165) is 12.3 Å². The van der Waals surface area contributed by atoms with Gasteiger partial charge in [0.25, 0.3) is 0 Å². The molecule has 2 atom stereocenters. The highest BCUT2D eigenvalue weighted by atomic mass is 32.2. The second-order valence-electron chi connectivity index (χ2n) is 3.66. The zero-order chi connectivity index (χ0) is 9.84.